The third-order valence-corrected chi connectivity index (χ3v) is 2.06. The molecule has 0 heterocycles. The van der Waals surface area contributed by atoms with E-state index < -0.39 is 0 Å². The minimum Gasteiger partial charge on any atom is -0.462 e. The van der Waals surface area contributed by atoms with Gasteiger partial charge in [-0.3, -0.25) is 0 Å². The summed E-state index contributed by atoms with van der Waals surface area (Å²) < 4.78 is 5.01. The van der Waals surface area contributed by atoms with Gasteiger partial charge >= 0.3 is 5.97 Å². The molecular formula is C12H17NO2. The molecule has 0 spiro atoms. The average molecular weight is 207 g/mol. The Kier molecular flexibility index (Phi) is 4.84. The first-order valence-corrected chi connectivity index (χ1v) is 5.24. The lowest BCUT2D eigenvalue weighted by atomic mass is 10.1. The maximum Gasteiger partial charge on any atom is 0.338 e. The second-order valence-corrected chi connectivity index (χ2v) is 3.37. The van der Waals surface area contributed by atoms with Gasteiger partial charge in [0.25, 0.3) is 0 Å². The highest BCUT2D eigenvalue weighted by Crippen LogP contribution is 2.06. The highest BCUT2D eigenvalue weighted by molar-refractivity contribution is 5.89. The Morgan fingerprint density at radius 3 is 2.53 bits per heavy atom. The summed E-state index contributed by atoms with van der Waals surface area (Å²) in [7, 11) is 0. The zero-order valence-corrected chi connectivity index (χ0v) is 9.03. The second-order valence-electron chi connectivity index (χ2n) is 3.37. The van der Waals surface area contributed by atoms with Gasteiger partial charge < -0.3 is 10.5 Å². The van der Waals surface area contributed by atoms with Gasteiger partial charge in [-0.2, -0.15) is 0 Å². The molecule has 0 atom stereocenters. The van der Waals surface area contributed by atoms with Crippen LogP contribution < -0.4 is 5.73 Å². The van der Waals surface area contributed by atoms with E-state index in [-0.39, 0.29) is 5.97 Å². The predicted molar refractivity (Wildman–Crippen MR) is 59.8 cm³/mol. The number of benzene rings is 1. The molecule has 0 saturated carbocycles. The highest BCUT2D eigenvalue weighted by atomic mass is 16.5. The molecule has 3 nitrogen and oxygen atoms in total. The third-order valence-electron chi connectivity index (χ3n) is 2.06. The molecule has 0 unspecified atom stereocenters. The summed E-state index contributed by atoms with van der Waals surface area (Å²) in [5.41, 5.74) is 7.18. The molecule has 1 aromatic rings. The summed E-state index contributed by atoms with van der Waals surface area (Å²) in [6.45, 7) is 3.07. The van der Waals surface area contributed by atoms with Crippen LogP contribution in [-0.2, 0) is 11.2 Å². The van der Waals surface area contributed by atoms with Crippen LogP contribution in [0, 0.1) is 0 Å². The Morgan fingerprint density at radius 2 is 2.00 bits per heavy atom. The van der Waals surface area contributed by atoms with Crippen LogP contribution in [0.5, 0.6) is 0 Å². The second kappa shape index (κ2) is 6.19. The summed E-state index contributed by atoms with van der Waals surface area (Å²) >= 11 is 0. The summed E-state index contributed by atoms with van der Waals surface area (Å²) in [6.07, 6.45) is 1.68. The molecule has 0 aliphatic carbocycles. The van der Waals surface area contributed by atoms with Gasteiger partial charge in [0, 0.05) is 0 Å². The summed E-state index contributed by atoms with van der Waals surface area (Å²) in [6, 6.07) is 7.39. The average Bonchev–Trinajstić information content (AvgIpc) is 2.27. The first kappa shape index (κ1) is 11.7. The van der Waals surface area contributed by atoms with Gasteiger partial charge in [0.05, 0.1) is 12.2 Å². The molecule has 0 aliphatic heterocycles. The van der Waals surface area contributed by atoms with Crippen LogP contribution in [0.1, 0.15) is 29.3 Å². The van der Waals surface area contributed by atoms with Crippen LogP contribution in [0.2, 0.25) is 0 Å². The minimum atomic E-state index is -0.254. The maximum atomic E-state index is 11.4. The molecule has 2 N–H and O–H groups in total. The van der Waals surface area contributed by atoms with Gasteiger partial charge in [-0.25, -0.2) is 4.79 Å². The van der Waals surface area contributed by atoms with Crippen molar-refractivity contribution in [3.05, 3.63) is 35.4 Å². The highest BCUT2D eigenvalue weighted by Gasteiger charge is 2.05. The van der Waals surface area contributed by atoms with Crippen molar-refractivity contribution in [1.82, 2.24) is 0 Å². The normalized spacial score (nSPS) is 10.0. The van der Waals surface area contributed by atoms with Gasteiger partial charge in [-0.15, -0.1) is 0 Å². The van der Waals surface area contributed by atoms with Crippen LogP contribution in [0.15, 0.2) is 24.3 Å². The van der Waals surface area contributed by atoms with E-state index in [2.05, 4.69) is 0 Å². The number of hydrogen-bond acceptors (Lipinski definition) is 3. The monoisotopic (exact) mass is 207 g/mol. The smallest absolute Gasteiger partial charge is 0.338 e. The van der Waals surface area contributed by atoms with E-state index in [1.165, 1.54) is 0 Å². The molecule has 1 rings (SSSR count). The van der Waals surface area contributed by atoms with E-state index in [0.29, 0.717) is 18.7 Å². The summed E-state index contributed by atoms with van der Waals surface area (Å²) in [5, 5.41) is 0. The molecule has 0 bridgehead atoms. The lowest BCUT2D eigenvalue weighted by Crippen LogP contribution is -2.06. The van der Waals surface area contributed by atoms with E-state index in [1.54, 1.807) is 12.1 Å². The minimum absolute atomic E-state index is 0.254. The van der Waals surface area contributed by atoms with Crippen LogP contribution in [0.4, 0.5) is 0 Å². The van der Waals surface area contributed by atoms with Gasteiger partial charge in [-0.1, -0.05) is 19.1 Å². The fourth-order valence-electron chi connectivity index (χ4n) is 1.25. The van der Waals surface area contributed by atoms with Crippen LogP contribution in [0.25, 0.3) is 0 Å². The Labute approximate surface area is 90.2 Å². The van der Waals surface area contributed by atoms with E-state index in [4.69, 9.17) is 10.5 Å². The predicted octanol–water partition coefficient (Wildman–Crippen LogP) is 1.75. The largest absolute Gasteiger partial charge is 0.462 e. The van der Waals surface area contributed by atoms with Gasteiger partial charge in [-0.05, 0) is 37.1 Å². The molecule has 1 aromatic carbocycles. The van der Waals surface area contributed by atoms with Crippen molar-refractivity contribution in [3.8, 4) is 0 Å². The van der Waals surface area contributed by atoms with Gasteiger partial charge in [0.2, 0.25) is 0 Å². The van der Waals surface area contributed by atoms with Crippen LogP contribution in [0.3, 0.4) is 0 Å². The SMILES string of the molecule is CCCOC(=O)c1ccc(CCN)cc1. The van der Waals surface area contributed by atoms with E-state index in [9.17, 15) is 4.79 Å². The number of nitrogens with two attached hydrogens (primary N) is 1. The number of esters is 1. The first-order chi connectivity index (χ1) is 7.27. The molecule has 82 valence electrons. The first-order valence-electron chi connectivity index (χ1n) is 5.24. The summed E-state index contributed by atoms with van der Waals surface area (Å²) in [4.78, 5) is 11.4. The van der Waals surface area contributed by atoms with Crippen molar-refractivity contribution < 1.29 is 9.53 Å². The molecule has 0 amide bonds. The lowest BCUT2D eigenvalue weighted by Gasteiger charge is -2.04. The van der Waals surface area contributed by atoms with Crippen molar-refractivity contribution in [1.29, 1.82) is 0 Å². The van der Waals surface area contributed by atoms with Crippen molar-refractivity contribution in [2.75, 3.05) is 13.2 Å². The fraction of sp³-hybridized carbons (Fsp3) is 0.417. The molecule has 0 fully saturated rings. The Balaban J connectivity index is 2.58. The number of carbonyl (C=O) groups is 1. The Morgan fingerprint density at radius 1 is 1.33 bits per heavy atom. The zero-order chi connectivity index (χ0) is 11.1. The van der Waals surface area contributed by atoms with E-state index in [1.807, 2.05) is 19.1 Å². The van der Waals surface area contributed by atoms with Crippen molar-refractivity contribution in [3.63, 3.8) is 0 Å². The number of hydrogen-bond donors (Lipinski definition) is 1. The van der Waals surface area contributed by atoms with E-state index in [0.717, 1.165) is 18.4 Å². The van der Waals surface area contributed by atoms with Crippen molar-refractivity contribution in [2.24, 2.45) is 5.73 Å². The standard InChI is InChI=1S/C12H17NO2/c1-2-9-15-12(14)11-5-3-10(4-6-11)7-8-13/h3-6H,2,7-9,13H2,1H3. The zero-order valence-electron chi connectivity index (χ0n) is 9.03. The molecule has 3 heteroatoms. The van der Waals surface area contributed by atoms with Crippen molar-refractivity contribution in [2.45, 2.75) is 19.8 Å². The molecule has 0 radical (unpaired) electrons. The lowest BCUT2D eigenvalue weighted by molar-refractivity contribution is 0.0505. The Bertz CT molecular complexity index is 306. The summed E-state index contributed by atoms with van der Waals surface area (Å²) in [5.74, 6) is -0.254. The maximum absolute atomic E-state index is 11.4. The van der Waals surface area contributed by atoms with Crippen LogP contribution in [-0.4, -0.2) is 19.1 Å². The van der Waals surface area contributed by atoms with Crippen LogP contribution >= 0.6 is 0 Å². The van der Waals surface area contributed by atoms with Crippen molar-refractivity contribution >= 4 is 5.97 Å². The fourth-order valence-corrected chi connectivity index (χ4v) is 1.25. The molecular weight excluding hydrogens is 190 g/mol. The van der Waals surface area contributed by atoms with Gasteiger partial charge in [0.15, 0.2) is 0 Å². The number of rotatable bonds is 5. The number of carbonyl (C=O) groups excluding carboxylic acids is 1. The topological polar surface area (TPSA) is 52.3 Å². The third kappa shape index (κ3) is 3.72. The molecule has 0 saturated heterocycles. The molecule has 0 aromatic heterocycles. The quantitative estimate of drug-likeness (QED) is 0.748. The Hall–Kier alpha value is -1.35. The van der Waals surface area contributed by atoms with Gasteiger partial charge in [0.1, 0.15) is 0 Å². The number of ether oxygens (including phenoxy) is 1. The molecule has 15 heavy (non-hydrogen) atoms. The molecule has 0 aliphatic rings. The van der Waals surface area contributed by atoms with E-state index >= 15 is 0 Å².